The van der Waals surface area contributed by atoms with Gasteiger partial charge in [-0.05, 0) is 81.5 Å². The van der Waals surface area contributed by atoms with E-state index in [0.29, 0.717) is 23.7 Å². The van der Waals surface area contributed by atoms with E-state index in [1.807, 2.05) is 61.5 Å². The normalized spacial score (nSPS) is 11.1. The van der Waals surface area contributed by atoms with Gasteiger partial charge in [0.25, 0.3) is 5.91 Å². The van der Waals surface area contributed by atoms with Gasteiger partial charge in [0, 0.05) is 15.1 Å². The number of carbonyl (C=O) groups excluding carboxylic acids is 1. The van der Waals surface area contributed by atoms with Crippen LogP contribution in [-0.4, -0.2) is 17.6 Å². The van der Waals surface area contributed by atoms with Crippen molar-refractivity contribution in [2.45, 2.75) is 17.6 Å². The molecular formula is C25H21BrN2O3S. The van der Waals surface area contributed by atoms with Crippen LogP contribution >= 0.6 is 27.7 Å². The summed E-state index contributed by atoms with van der Waals surface area (Å²) in [5, 5.41) is 19.6. The average molecular weight is 509 g/mol. The van der Waals surface area contributed by atoms with Gasteiger partial charge in [-0.1, -0.05) is 30.3 Å². The fourth-order valence-electron chi connectivity index (χ4n) is 3.11. The summed E-state index contributed by atoms with van der Waals surface area (Å²) in [7, 11) is 0. The molecule has 3 rings (SSSR count). The van der Waals surface area contributed by atoms with Crippen LogP contribution in [0.3, 0.4) is 0 Å². The molecule has 32 heavy (non-hydrogen) atoms. The number of phenolic OH excluding ortho intramolecular Hbond substituents is 1. The third-order valence-electron chi connectivity index (χ3n) is 4.60. The van der Waals surface area contributed by atoms with Crippen LogP contribution in [0.5, 0.6) is 11.5 Å². The highest BCUT2D eigenvalue weighted by Crippen LogP contribution is 2.39. The van der Waals surface area contributed by atoms with E-state index < -0.39 is 5.91 Å². The van der Waals surface area contributed by atoms with Crippen LogP contribution in [0.1, 0.15) is 18.1 Å². The molecule has 3 aromatic rings. The number of benzene rings is 3. The molecule has 0 heterocycles. The maximum absolute atomic E-state index is 11.4. The first kappa shape index (κ1) is 23.5. The number of primary amides is 1. The maximum atomic E-state index is 11.4. The van der Waals surface area contributed by atoms with E-state index in [2.05, 4.69) is 15.9 Å². The van der Waals surface area contributed by atoms with Gasteiger partial charge in [-0.25, -0.2) is 0 Å². The molecular weight excluding hydrogens is 488 g/mol. The van der Waals surface area contributed by atoms with Crippen molar-refractivity contribution < 1.29 is 14.6 Å². The lowest BCUT2D eigenvalue weighted by Gasteiger charge is -2.15. The lowest BCUT2D eigenvalue weighted by Crippen LogP contribution is -2.12. The van der Waals surface area contributed by atoms with Crippen LogP contribution in [0.15, 0.2) is 75.6 Å². The smallest absolute Gasteiger partial charge is 0.259 e. The molecule has 0 saturated heterocycles. The summed E-state index contributed by atoms with van der Waals surface area (Å²) in [6.07, 6.45) is 1.46. The second-order valence-electron chi connectivity index (χ2n) is 6.79. The number of hydrogen-bond acceptors (Lipinski definition) is 5. The second-order valence-corrected chi connectivity index (χ2v) is 8.66. The summed E-state index contributed by atoms with van der Waals surface area (Å²) >= 11 is 5.21. The standard InChI is InChI=1S/C25H21BrN2O3S/c1-2-31-23-13-20(17-7-5-6-16(10-17)11-18(14-27)25(28)30)19(12-22(23)29)15-32-24-9-4-3-8-21(24)26/h3-13,29H,2,15H2,1H3,(H2,28,30). The van der Waals surface area contributed by atoms with Crippen molar-refractivity contribution >= 4 is 39.7 Å². The molecule has 3 N–H and O–H groups in total. The number of ether oxygens (including phenoxy) is 1. The molecule has 0 atom stereocenters. The molecule has 1 amide bonds. The Kier molecular flexibility index (Phi) is 7.98. The number of nitrogens with two attached hydrogens (primary N) is 1. The van der Waals surface area contributed by atoms with Crippen molar-refractivity contribution in [3.63, 3.8) is 0 Å². The molecule has 0 spiro atoms. The first-order valence-corrected chi connectivity index (χ1v) is 11.6. The lowest BCUT2D eigenvalue weighted by atomic mass is 9.97. The number of nitrogens with zero attached hydrogens (tertiary/aromatic N) is 1. The topological polar surface area (TPSA) is 96.3 Å². The molecule has 3 aromatic carbocycles. The third kappa shape index (κ3) is 5.72. The zero-order valence-electron chi connectivity index (χ0n) is 17.3. The molecule has 5 nitrogen and oxygen atoms in total. The number of carbonyl (C=O) groups is 1. The minimum absolute atomic E-state index is 0.0786. The Morgan fingerprint density at radius 1 is 1.22 bits per heavy atom. The van der Waals surface area contributed by atoms with Crippen LogP contribution in [0.4, 0.5) is 0 Å². The Bertz CT molecular complexity index is 1220. The van der Waals surface area contributed by atoms with Crippen molar-refractivity contribution in [1.82, 2.24) is 0 Å². The van der Waals surface area contributed by atoms with Crippen molar-refractivity contribution in [3.8, 4) is 28.7 Å². The molecule has 0 bridgehead atoms. The predicted molar refractivity (Wildman–Crippen MR) is 131 cm³/mol. The van der Waals surface area contributed by atoms with Crippen molar-refractivity contribution in [2.75, 3.05) is 6.61 Å². The van der Waals surface area contributed by atoms with Crippen LogP contribution in [0, 0.1) is 11.3 Å². The van der Waals surface area contributed by atoms with E-state index in [9.17, 15) is 9.90 Å². The Morgan fingerprint density at radius 3 is 2.69 bits per heavy atom. The minimum Gasteiger partial charge on any atom is -0.504 e. The fourth-order valence-corrected chi connectivity index (χ4v) is 4.67. The van der Waals surface area contributed by atoms with Gasteiger partial charge < -0.3 is 15.6 Å². The van der Waals surface area contributed by atoms with Gasteiger partial charge in [-0.15, -0.1) is 11.8 Å². The monoisotopic (exact) mass is 508 g/mol. The molecule has 0 aliphatic heterocycles. The highest BCUT2D eigenvalue weighted by Gasteiger charge is 2.14. The van der Waals surface area contributed by atoms with E-state index in [4.69, 9.17) is 15.7 Å². The van der Waals surface area contributed by atoms with E-state index >= 15 is 0 Å². The van der Waals surface area contributed by atoms with Crippen molar-refractivity contribution in [3.05, 3.63) is 81.8 Å². The van der Waals surface area contributed by atoms with Gasteiger partial charge in [0.15, 0.2) is 11.5 Å². The van der Waals surface area contributed by atoms with Gasteiger partial charge in [-0.3, -0.25) is 4.79 Å². The Labute approximate surface area is 199 Å². The average Bonchev–Trinajstić information content (AvgIpc) is 2.78. The zero-order valence-corrected chi connectivity index (χ0v) is 19.7. The zero-order chi connectivity index (χ0) is 23.1. The summed E-state index contributed by atoms with van der Waals surface area (Å²) in [6, 6.07) is 20.8. The summed E-state index contributed by atoms with van der Waals surface area (Å²) in [4.78, 5) is 12.5. The minimum atomic E-state index is -0.772. The molecule has 0 saturated carbocycles. The van der Waals surface area contributed by atoms with E-state index in [1.54, 1.807) is 23.9 Å². The number of phenols is 1. The molecule has 0 aliphatic carbocycles. The predicted octanol–water partition coefficient (Wildman–Crippen LogP) is 5.90. The van der Waals surface area contributed by atoms with Crippen LogP contribution in [0.25, 0.3) is 17.2 Å². The second kappa shape index (κ2) is 10.9. The van der Waals surface area contributed by atoms with Gasteiger partial charge in [0.05, 0.1) is 6.61 Å². The number of nitriles is 1. The number of amides is 1. The molecule has 0 fully saturated rings. The first-order chi connectivity index (χ1) is 15.4. The van der Waals surface area contributed by atoms with Crippen LogP contribution < -0.4 is 10.5 Å². The molecule has 0 radical (unpaired) electrons. The van der Waals surface area contributed by atoms with Crippen LogP contribution in [-0.2, 0) is 10.5 Å². The number of aromatic hydroxyl groups is 1. The summed E-state index contributed by atoms with van der Waals surface area (Å²) in [6.45, 7) is 2.28. The summed E-state index contributed by atoms with van der Waals surface area (Å²) in [5.74, 6) is 0.317. The van der Waals surface area contributed by atoms with Gasteiger partial charge in [0.2, 0.25) is 0 Å². The first-order valence-electron chi connectivity index (χ1n) is 9.81. The number of hydrogen-bond donors (Lipinski definition) is 2. The fraction of sp³-hybridized carbons (Fsp3) is 0.120. The highest BCUT2D eigenvalue weighted by atomic mass is 79.9. The Hall–Kier alpha value is -3.21. The number of rotatable bonds is 8. The van der Waals surface area contributed by atoms with Gasteiger partial charge in [0.1, 0.15) is 11.6 Å². The summed E-state index contributed by atoms with van der Waals surface area (Å²) < 4.78 is 6.60. The van der Waals surface area contributed by atoms with E-state index in [1.165, 1.54) is 6.08 Å². The molecule has 0 aromatic heterocycles. The van der Waals surface area contributed by atoms with Gasteiger partial charge >= 0.3 is 0 Å². The molecule has 0 aliphatic rings. The molecule has 7 heteroatoms. The van der Waals surface area contributed by atoms with E-state index in [-0.39, 0.29) is 11.3 Å². The Morgan fingerprint density at radius 2 is 2.00 bits per heavy atom. The van der Waals surface area contributed by atoms with Crippen molar-refractivity contribution in [2.24, 2.45) is 5.73 Å². The van der Waals surface area contributed by atoms with Crippen molar-refractivity contribution in [1.29, 1.82) is 5.26 Å². The van der Waals surface area contributed by atoms with E-state index in [0.717, 1.165) is 26.1 Å². The number of halogens is 1. The van der Waals surface area contributed by atoms with Gasteiger partial charge in [-0.2, -0.15) is 5.26 Å². The molecule has 162 valence electrons. The third-order valence-corrected chi connectivity index (χ3v) is 6.68. The largest absolute Gasteiger partial charge is 0.504 e. The Balaban J connectivity index is 2.05. The SMILES string of the molecule is CCOc1cc(-c2cccc(C=C(C#N)C(N)=O)c2)c(CSc2ccccc2Br)cc1O. The maximum Gasteiger partial charge on any atom is 0.259 e. The van der Waals surface area contributed by atoms with Crippen LogP contribution in [0.2, 0.25) is 0 Å². The lowest BCUT2D eigenvalue weighted by molar-refractivity contribution is -0.114. The highest BCUT2D eigenvalue weighted by molar-refractivity contribution is 9.10. The quantitative estimate of drug-likeness (QED) is 0.224. The summed E-state index contributed by atoms with van der Waals surface area (Å²) in [5.41, 5.74) is 8.49. The molecule has 0 unspecified atom stereocenters. The number of thioether (sulfide) groups is 1.